The summed E-state index contributed by atoms with van der Waals surface area (Å²) in [6, 6.07) is 7.44. The molecule has 0 aliphatic carbocycles. The fourth-order valence-electron chi connectivity index (χ4n) is 2.18. The van der Waals surface area contributed by atoms with Gasteiger partial charge in [0.1, 0.15) is 0 Å². The minimum Gasteiger partial charge on any atom is -0.477 e. The molecule has 9 nitrogen and oxygen atoms in total. The van der Waals surface area contributed by atoms with Crippen LogP contribution in [0.4, 0.5) is 0 Å². The lowest BCUT2D eigenvalue weighted by molar-refractivity contribution is 0.0690. The molecule has 1 aromatic heterocycles. The highest BCUT2D eigenvalue weighted by molar-refractivity contribution is 7.87. The molecule has 0 saturated heterocycles. The molecule has 0 radical (unpaired) electrons. The van der Waals surface area contributed by atoms with Gasteiger partial charge in [0.05, 0.1) is 0 Å². The molecule has 2 rings (SSSR count). The predicted molar refractivity (Wildman–Crippen MR) is 86.7 cm³/mol. The topological polar surface area (TPSA) is 158 Å². The van der Waals surface area contributed by atoms with Crippen LogP contribution in [0.5, 0.6) is 0 Å². The van der Waals surface area contributed by atoms with E-state index in [1.807, 2.05) is 0 Å². The minimum absolute atomic E-state index is 0.130. The summed E-state index contributed by atoms with van der Waals surface area (Å²) < 4.78 is 23.5. The van der Waals surface area contributed by atoms with E-state index < -0.39 is 21.9 Å². The number of benzene rings is 1. The smallest absolute Gasteiger partial charge is 0.354 e. The second-order valence-electron chi connectivity index (χ2n) is 4.85. The van der Waals surface area contributed by atoms with Crippen LogP contribution in [0.3, 0.4) is 0 Å². The molecular formula is C14H16N4O5S. The molecule has 24 heavy (non-hydrogen) atoms. The van der Waals surface area contributed by atoms with E-state index in [0.717, 1.165) is 6.20 Å². The molecule has 0 bridgehead atoms. The lowest BCUT2D eigenvalue weighted by Crippen LogP contribution is -2.28. The van der Waals surface area contributed by atoms with Gasteiger partial charge in [0.25, 0.3) is 5.91 Å². The zero-order valence-corrected chi connectivity index (χ0v) is 13.3. The second kappa shape index (κ2) is 6.83. The number of aromatic carboxylic acids is 1. The van der Waals surface area contributed by atoms with Crippen LogP contribution in [-0.2, 0) is 10.2 Å². The van der Waals surface area contributed by atoms with Gasteiger partial charge in [-0.25, -0.2) is 13.9 Å². The van der Waals surface area contributed by atoms with Crippen molar-refractivity contribution in [3.63, 3.8) is 0 Å². The molecule has 0 aliphatic heterocycles. The molecule has 1 heterocycles. The number of carboxylic acid groups (broad SMARTS) is 1. The van der Waals surface area contributed by atoms with Gasteiger partial charge in [0.15, 0.2) is 5.69 Å². The third-order valence-corrected chi connectivity index (χ3v) is 4.05. The standard InChI is InChI=1S/C14H16N4O5S/c15-5-6-17-13(19)10-3-1-2-9(8-10)11-4-7-18(24(16,22)23)12(11)14(20)21/h1-4,7-8H,5-6,15H2,(H,17,19)(H,20,21)(H2,16,22,23). The van der Waals surface area contributed by atoms with Gasteiger partial charge in [0.2, 0.25) is 0 Å². The molecule has 1 amide bonds. The van der Waals surface area contributed by atoms with Crippen molar-refractivity contribution in [2.45, 2.75) is 0 Å². The predicted octanol–water partition coefficient (Wildman–Crippen LogP) is -0.407. The summed E-state index contributed by atoms with van der Waals surface area (Å²) in [7, 11) is -4.26. The zero-order chi connectivity index (χ0) is 17.9. The van der Waals surface area contributed by atoms with Crippen LogP contribution < -0.4 is 16.2 Å². The Balaban J connectivity index is 2.52. The van der Waals surface area contributed by atoms with Gasteiger partial charge in [-0.15, -0.1) is 0 Å². The molecule has 0 spiro atoms. The van der Waals surface area contributed by atoms with Gasteiger partial charge in [-0.05, 0) is 23.8 Å². The van der Waals surface area contributed by atoms with Crippen molar-refractivity contribution >= 4 is 22.1 Å². The largest absolute Gasteiger partial charge is 0.477 e. The lowest BCUT2D eigenvalue weighted by Gasteiger charge is -2.08. The van der Waals surface area contributed by atoms with Crippen LogP contribution in [0.25, 0.3) is 11.1 Å². The summed E-state index contributed by atoms with van der Waals surface area (Å²) in [4.78, 5) is 23.4. The lowest BCUT2D eigenvalue weighted by atomic mass is 10.0. The van der Waals surface area contributed by atoms with Crippen molar-refractivity contribution in [1.82, 2.24) is 9.29 Å². The maximum atomic E-state index is 12.0. The van der Waals surface area contributed by atoms with E-state index >= 15 is 0 Å². The Hall–Kier alpha value is -2.69. The van der Waals surface area contributed by atoms with Gasteiger partial charge in [-0.1, -0.05) is 12.1 Å². The first-order chi connectivity index (χ1) is 11.3. The zero-order valence-electron chi connectivity index (χ0n) is 12.5. The van der Waals surface area contributed by atoms with Crippen LogP contribution >= 0.6 is 0 Å². The van der Waals surface area contributed by atoms with E-state index in [2.05, 4.69) is 5.32 Å². The number of nitrogens with zero attached hydrogens (tertiary/aromatic N) is 1. The number of carbonyl (C=O) groups is 2. The summed E-state index contributed by atoms with van der Waals surface area (Å²) in [6.07, 6.45) is 1.05. The van der Waals surface area contributed by atoms with Crippen LogP contribution in [0.1, 0.15) is 20.8 Å². The number of rotatable bonds is 6. The van der Waals surface area contributed by atoms with E-state index in [-0.39, 0.29) is 18.0 Å². The van der Waals surface area contributed by atoms with Gasteiger partial charge in [0, 0.05) is 30.4 Å². The summed E-state index contributed by atoms with van der Waals surface area (Å²) in [5.74, 6) is -1.83. The molecular weight excluding hydrogens is 336 g/mol. The number of nitrogens with two attached hydrogens (primary N) is 2. The van der Waals surface area contributed by atoms with Crippen LogP contribution in [0, 0.1) is 0 Å². The van der Waals surface area contributed by atoms with E-state index in [1.165, 1.54) is 12.1 Å². The molecule has 0 saturated carbocycles. The number of nitrogens with one attached hydrogen (secondary N) is 1. The number of hydrogen-bond acceptors (Lipinski definition) is 5. The molecule has 10 heteroatoms. The Morgan fingerprint density at radius 3 is 2.54 bits per heavy atom. The van der Waals surface area contributed by atoms with Crippen LogP contribution in [0.15, 0.2) is 36.5 Å². The van der Waals surface area contributed by atoms with Crippen molar-refractivity contribution in [2.75, 3.05) is 13.1 Å². The molecule has 1 aromatic carbocycles. The summed E-state index contributed by atoms with van der Waals surface area (Å²) in [5.41, 5.74) is 5.61. The first kappa shape index (κ1) is 17.7. The van der Waals surface area contributed by atoms with Crippen LogP contribution in [-0.4, -0.2) is 42.5 Å². The number of aromatic nitrogens is 1. The fourth-order valence-corrected chi connectivity index (χ4v) is 2.85. The Bertz CT molecular complexity index is 888. The summed E-state index contributed by atoms with van der Waals surface area (Å²) in [5, 5.41) is 16.9. The average Bonchev–Trinajstić information content (AvgIpc) is 2.98. The first-order valence-corrected chi connectivity index (χ1v) is 8.32. The Kier molecular flexibility index (Phi) is 5.02. The molecule has 2 aromatic rings. The maximum Gasteiger partial charge on any atom is 0.354 e. The molecule has 0 unspecified atom stereocenters. The second-order valence-corrected chi connectivity index (χ2v) is 6.27. The highest BCUT2D eigenvalue weighted by atomic mass is 32.2. The minimum atomic E-state index is -4.26. The van der Waals surface area contributed by atoms with Gasteiger partial charge >= 0.3 is 16.2 Å². The van der Waals surface area contributed by atoms with E-state index in [9.17, 15) is 23.1 Å². The Morgan fingerprint density at radius 1 is 1.25 bits per heavy atom. The number of carbonyl (C=O) groups excluding carboxylic acids is 1. The highest BCUT2D eigenvalue weighted by Crippen LogP contribution is 2.26. The summed E-state index contributed by atoms with van der Waals surface area (Å²) in [6.45, 7) is 0.580. The van der Waals surface area contributed by atoms with Crippen molar-refractivity contribution < 1.29 is 23.1 Å². The average molecular weight is 352 g/mol. The van der Waals surface area contributed by atoms with E-state index in [4.69, 9.17) is 10.9 Å². The maximum absolute atomic E-state index is 12.0. The first-order valence-electron chi connectivity index (χ1n) is 6.82. The van der Waals surface area contributed by atoms with Crippen molar-refractivity contribution in [3.05, 3.63) is 47.8 Å². The SMILES string of the molecule is NCCNC(=O)c1cccc(-c2ccn(S(N)(=O)=O)c2C(=O)O)c1. The fraction of sp³-hybridized carbons (Fsp3) is 0.143. The molecule has 0 atom stereocenters. The molecule has 128 valence electrons. The Morgan fingerprint density at radius 2 is 1.96 bits per heavy atom. The van der Waals surface area contributed by atoms with Crippen molar-refractivity contribution in [2.24, 2.45) is 10.9 Å². The van der Waals surface area contributed by atoms with E-state index in [0.29, 0.717) is 21.6 Å². The van der Waals surface area contributed by atoms with Gasteiger partial charge in [-0.2, -0.15) is 8.42 Å². The molecule has 0 aliphatic rings. The van der Waals surface area contributed by atoms with Gasteiger partial charge in [-0.3, -0.25) is 4.79 Å². The number of hydrogen-bond donors (Lipinski definition) is 4. The third-order valence-electron chi connectivity index (χ3n) is 3.19. The molecule has 6 N–H and O–H groups in total. The van der Waals surface area contributed by atoms with E-state index in [1.54, 1.807) is 18.2 Å². The third kappa shape index (κ3) is 3.62. The van der Waals surface area contributed by atoms with Crippen molar-refractivity contribution in [1.29, 1.82) is 0 Å². The Labute approximate surface area is 138 Å². The van der Waals surface area contributed by atoms with Crippen LogP contribution in [0.2, 0.25) is 0 Å². The van der Waals surface area contributed by atoms with Gasteiger partial charge < -0.3 is 16.2 Å². The normalized spacial score (nSPS) is 11.2. The quantitative estimate of drug-likeness (QED) is 0.553. The summed E-state index contributed by atoms with van der Waals surface area (Å²) >= 11 is 0. The highest BCUT2D eigenvalue weighted by Gasteiger charge is 2.23. The molecule has 0 fully saturated rings. The number of amides is 1. The monoisotopic (exact) mass is 352 g/mol. The van der Waals surface area contributed by atoms with Crippen molar-refractivity contribution in [3.8, 4) is 11.1 Å². The number of carboxylic acids is 1.